The molecule has 15 heavy (non-hydrogen) atoms. The molecule has 0 bridgehead atoms. The fourth-order valence-corrected chi connectivity index (χ4v) is 1.43. The van der Waals surface area contributed by atoms with Crippen LogP contribution in [-0.4, -0.2) is 12.5 Å². The molecule has 0 aromatic heterocycles. The number of carbonyl (C=O) groups is 1. The Kier molecular flexibility index (Phi) is 4.49. The average Bonchev–Trinajstić information content (AvgIpc) is 2.22. The van der Waals surface area contributed by atoms with E-state index in [-0.39, 0.29) is 5.56 Å². The van der Waals surface area contributed by atoms with Crippen LogP contribution in [0.3, 0.4) is 0 Å². The Labute approximate surface area is 96.3 Å². The van der Waals surface area contributed by atoms with Crippen LogP contribution in [-0.2, 0) is 0 Å². The summed E-state index contributed by atoms with van der Waals surface area (Å²) in [7, 11) is 0. The molecule has 0 unspecified atom stereocenters. The first kappa shape index (κ1) is 11.9. The summed E-state index contributed by atoms with van der Waals surface area (Å²) in [6.45, 7) is 4.00. The third kappa shape index (κ3) is 3.16. The molecule has 0 saturated heterocycles. The molecule has 1 N–H and O–H groups in total. The maximum atomic E-state index is 13.4. The van der Waals surface area contributed by atoms with Gasteiger partial charge in [0.1, 0.15) is 5.82 Å². The van der Waals surface area contributed by atoms with E-state index in [9.17, 15) is 9.18 Å². The number of halogens is 2. The molecule has 0 spiro atoms. The molecule has 1 rings (SSSR count). The van der Waals surface area contributed by atoms with Gasteiger partial charge in [-0.1, -0.05) is 12.1 Å². The maximum absolute atomic E-state index is 13.4. The molecular weight excluding hydrogens is 261 g/mol. The van der Waals surface area contributed by atoms with Crippen molar-refractivity contribution in [3.05, 3.63) is 46.7 Å². The standard InChI is InChI=1S/C11H11BrFNO/c1-2-3-7-14-11(15)8-5-4-6-9(12)10(8)13/h2,4-6H,1,3,7H2,(H,14,15). The highest BCUT2D eigenvalue weighted by Gasteiger charge is 2.12. The van der Waals surface area contributed by atoms with Gasteiger partial charge in [-0.2, -0.15) is 0 Å². The van der Waals surface area contributed by atoms with E-state index in [0.29, 0.717) is 17.4 Å². The van der Waals surface area contributed by atoms with Crippen molar-refractivity contribution in [1.82, 2.24) is 5.32 Å². The molecule has 0 atom stereocenters. The first-order chi connectivity index (χ1) is 7.16. The molecule has 0 saturated carbocycles. The predicted molar refractivity (Wildman–Crippen MR) is 61.2 cm³/mol. The summed E-state index contributed by atoms with van der Waals surface area (Å²) in [6.07, 6.45) is 2.36. The minimum atomic E-state index is -0.534. The lowest BCUT2D eigenvalue weighted by Crippen LogP contribution is -2.25. The van der Waals surface area contributed by atoms with Crippen LogP contribution in [0.5, 0.6) is 0 Å². The highest BCUT2D eigenvalue weighted by atomic mass is 79.9. The Bertz CT molecular complexity index is 379. The van der Waals surface area contributed by atoms with Gasteiger partial charge in [-0.3, -0.25) is 4.79 Å². The summed E-state index contributed by atoms with van der Waals surface area (Å²) in [4.78, 5) is 11.5. The molecule has 0 aliphatic heterocycles. The lowest BCUT2D eigenvalue weighted by molar-refractivity contribution is 0.0950. The predicted octanol–water partition coefficient (Wildman–Crippen LogP) is 2.89. The Balaban J connectivity index is 2.73. The number of hydrogen-bond acceptors (Lipinski definition) is 1. The zero-order valence-corrected chi connectivity index (χ0v) is 9.68. The van der Waals surface area contributed by atoms with Crippen LogP contribution in [0.15, 0.2) is 35.3 Å². The Morgan fingerprint density at radius 2 is 2.33 bits per heavy atom. The van der Waals surface area contributed by atoms with Crippen molar-refractivity contribution < 1.29 is 9.18 Å². The summed E-state index contributed by atoms with van der Waals surface area (Å²) < 4.78 is 13.7. The van der Waals surface area contributed by atoms with Crippen molar-refractivity contribution >= 4 is 21.8 Å². The van der Waals surface area contributed by atoms with Crippen LogP contribution in [0.1, 0.15) is 16.8 Å². The molecule has 1 aromatic rings. The zero-order valence-electron chi connectivity index (χ0n) is 8.09. The van der Waals surface area contributed by atoms with Crippen LogP contribution >= 0.6 is 15.9 Å². The molecule has 1 aromatic carbocycles. The van der Waals surface area contributed by atoms with E-state index in [2.05, 4.69) is 27.8 Å². The second kappa shape index (κ2) is 5.66. The lowest BCUT2D eigenvalue weighted by Gasteiger charge is -2.05. The fourth-order valence-electron chi connectivity index (χ4n) is 1.06. The summed E-state index contributed by atoms with van der Waals surface area (Å²) in [6, 6.07) is 4.62. The van der Waals surface area contributed by atoms with E-state index in [1.54, 1.807) is 18.2 Å². The summed E-state index contributed by atoms with van der Waals surface area (Å²) in [5, 5.41) is 2.60. The van der Waals surface area contributed by atoms with Gasteiger partial charge in [0, 0.05) is 6.54 Å². The van der Waals surface area contributed by atoms with Crippen LogP contribution in [0, 0.1) is 5.82 Å². The van der Waals surface area contributed by atoms with Crippen molar-refractivity contribution in [1.29, 1.82) is 0 Å². The molecule has 0 heterocycles. The van der Waals surface area contributed by atoms with Crippen LogP contribution in [0.2, 0.25) is 0 Å². The molecule has 0 fully saturated rings. The van der Waals surface area contributed by atoms with Crippen LogP contribution < -0.4 is 5.32 Å². The number of benzene rings is 1. The summed E-state index contributed by atoms with van der Waals surface area (Å²) >= 11 is 3.03. The summed E-state index contributed by atoms with van der Waals surface area (Å²) in [5.41, 5.74) is 0.0495. The highest BCUT2D eigenvalue weighted by molar-refractivity contribution is 9.10. The van der Waals surface area contributed by atoms with E-state index in [1.807, 2.05) is 0 Å². The number of carbonyl (C=O) groups excluding carboxylic acids is 1. The number of hydrogen-bond donors (Lipinski definition) is 1. The highest BCUT2D eigenvalue weighted by Crippen LogP contribution is 2.18. The monoisotopic (exact) mass is 271 g/mol. The first-order valence-electron chi connectivity index (χ1n) is 4.50. The van der Waals surface area contributed by atoms with E-state index in [0.717, 1.165) is 0 Å². The molecular formula is C11H11BrFNO. The molecule has 0 aliphatic carbocycles. The van der Waals surface area contributed by atoms with E-state index in [1.165, 1.54) is 6.07 Å². The van der Waals surface area contributed by atoms with Crippen molar-refractivity contribution in [2.45, 2.75) is 6.42 Å². The second-order valence-corrected chi connectivity index (χ2v) is 3.79. The maximum Gasteiger partial charge on any atom is 0.254 e. The smallest absolute Gasteiger partial charge is 0.254 e. The van der Waals surface area contributed by atoms with Gasteiger partial charge in [0.15, 0.2) is 0 Å². The van der Waals surface area contributed by atoms with Gasteiger partial charge in [-0.25, -0.2) is 4.39 Å². The minimum Gasteiger partial charge on any atom is -0.352 e. The third-order valence-corrected chi connectivity index (χ3v) is 2.44. The van der Waals surface area contributed by atoms with Gasteiger partial charge in [-0.15, -0.1) is 6.58 Å². The Hall–Kier alpha value is -1.16. The molecule has 80 valence electrons. The van der Waals surface area contributed by atoms with Gasteiger partial charge < -0.3 is 5.32 Å². The van der Waals surface area contributed by atoms with Crippen molar-refractivity contribution in [3.8, 4) is 0 Å². The number of nitrogens with one attached hydrogen (secondary N) is 1. The summed E-state index contributed by atoms with van der Waals surface area (Å²) in [5.74, 6) is -0.941. The van der Waals surface area contributed by atoms with Crippen molar-refractivity contribution in [2.24, 2.45) is 0 Å². The van der Waals surface area contributed by atoms with Crippen LogP contribution in [0.25, 0.3) is 0 Å². The van der Waals surface area contributed by atoms with Gasteiger partial charge in [0.25, 0.3) is 5.91 Å². The average molecular weight is 272 g/mol. The minimum absolute atomic E-state index is 0.0495. The third-order valence-electron chi connectivity index (χ3n) is 1.83. The van der Waals surface area contributed by atoms with Crippen molar-refractivity contribution in [3.63, 3.8) is 0 Å². The largest absolute Gasteiger partial charge is 0.352 e. The quantitative estimate of drug-likeness (QED) is 0.662. The number of amides is 1. The zero-order chi connectivity index (χ0) is 11.3. The van der Waals surface area contributed by atoms with E-state index in [4.69, 9.17) is 0 Å². The topological polar surface area (TPSA) is 29.1 Å². The normalized spacial score (nSPS) is 9.73. The molecule has 1 amide bonds. The fraction of sp³-hybridized carbons (Fsp3) is 0.182. The van der Waals surface area contributed by atoms with Gasteiger partial charge in [-0.05, 0) is 34.5 Å². The van der Waals surface area contributed by atoms with Crippen LogP contribution in [0.4, 0.5) is 4.39 Å². The molecule has 2 nitrogen and oxygen atoms in total. The van der Waals surface area contributed by atoms with E-state index >= 15 is 0 Å². The van der Waals surface area contributed by atoms with Crippen molar-refractivity contribution in [2.75, 3.05) is 6.54 Å². The first-order valence-corrected chi connectivity index (χ1v) is 5.29. The molecule has 0 aliphatic rings. The Morgan fingerprint density at radius 3 is 3.00 bits per heavy atom. The molecule has 4 heteroatoms. The lowest BCUT2D eigenvalue weighted by atomic mass is 10.2. The van der Waals surface area contributed by atoms with Gasteiger partial charge >= 0.3 is 0 Å². The SMILES string of the molecule is C=CCCNC(=O)c1cccc(Br)c1F. The van der Waals surface area contributed by atoms with Gasteiger partial charge in [0.2, 0.25) is 0 Å². The molecule has 0 radical (unpaired) electrons. The van der Waals surface area contributed by atoms with Gasteiger partial charge in [0.05, 0.1) is 10.0 Å². The number of rotatable bonds is 4. The van der Waals surface area contributed by atoms with E-state index < -0.39 is 11.7 Å². The second-order valence-electron chi connectivity index (χ2n) is 2.93. The Morgan fingerprint density at radius 1 is 1.60 bits per heavy atom.